The van der Waals surface area contributed by atoms with Crippen molar-refractivity contribution in [3.63, 3.8) is 0 Å². The Bertz CT molecular complexity index is 1380. The van der Waals surface area contributed by atoms with E-state index in [9.17, 15) is 9.59 Å². The van der Waals surface area contributed by atoms with Crippen molar-refractivity contribution in [2.45, 2.75) is 33.1 Å². The molecule has 0 radical (unpaired) electrons. The summed E-state index contributed by atoms with van der Waals surface area (Å²) >= 11 is 12.6. The van der Waals surface area contributed by atoms with Gasteiger partial charge in [0.1, 0.15) is 22.8 Å². The second kappa shape index (κ2) is 12.2. The smallest absolute Gasteiger partial charge is 0.259 e. The lowest BCUT2D eigenvalue weighted by Crippen LogP contribution is -2.49. The van der Waals surface area contributed by atoms with Gasteiger partial charge < -0.3 is 23.8 Å². The molecule has 0 N–H and O–H groups in total. The van der Waals surface area contributed by atoms with Gasteiger partial charge in [-0.05, 0) is 56.5 Å². The fourth-order valence-electron chi connectivity index (χ4n) is 5.36. The molecule has 0 bridgehead atoms. The zero-order chi connectivity index (χ0) is 28.3. The number of aryl methyl sites for hydroxylation is 2. The van der Waals surface area contributed by atoms with Crippen LogP contribution in [0.25, 0.3) is 11.3 Å². The molecule has 0 spiro atoms. The van der Waals surface area contributed by atoms with E-state index in [1.807, 2.05) is 53.1 Å². The zero-order valence-corrected chi connectivity index (χ0v) is 24.3. The minimum Gasteiger partial charge on any atom is -0.493 e. The number of carbonyl (C=O) groups is 2. The maximum atomic E-state index is 13.8. The highest BCUT2D eigenvalue weighted by atomic mass is 35.5. The predicted molar refractivity (Wildman–Crippen MR) is 153 cm³/mol. The molecule has 2 saturated heterocycles. The van der Waals surface area contributed by atoms with E-state index in [-0.39, 0.29) is 11.8 Å². The van der Waals surface area contributed by atoms with Gasteiger partial charge in [-0.2, -0.15) is 0 Å². The highest BCUT2D eigenvalue weighted by Gasteiger charge is 2.41. The number of amides is 2. The van der Waals surface area contributed by atoms with Crippen LogP contribution in [0.3, 0.4) is 0 Å². The Kier molecular flexibility index (Phi) is 8.68. The van der Waals surface area contributed by atoms with Crippen LogP contribution < -0.4 is 4.74 Å². The zero-order valence-electron chi connectivity index (χ0n) is 22.8. The number of aromatic nitrogens is 1. The van der Waals surface area contributed by atoms with Crippen molar-refractivity contribution in [1.29, 1.82) is 0 Å². The van der Waals surface area contributed by atoms with Crippen LogP contribution in [-0.2, 0) is 9.53 Å². The highest BCUT2D eigenvalue weighted by Crippen LogP contribution is 2.39. The largest absolute Gasteiger partial charge is 0.493 e. The van der Waals surface area contributed by atoms with Crippen LogP contribution in [-0.4, -0.2) is 72.8 Å². The third-order valence-corrected chi connectivity index (χ3v) is 8.63. The first-order valence-corrected chi connectivity index (χ1v) is 14.3. The molecule has 2 aromatic carbocycles. The summed E-state index contributed by atoms with van der Waals surface area (Å²) in [7, 11) is 0. The summed E-state index contributed by atoms with van der Waals surface area (Å²) in [5.74, 6) is 1.09. The lowest BCUT2D eigenvalue weighted by molar-refractivity contribution is -0.139. The van der Waals surface area contributed by atoms with Crippen molar-refractivity contribution >= 4 is 35.0 Å². The molecule has 0 unspecified atom stereocenters. The van der Waals surface area contributed by atoms with E-state index in [2.05, 4.69) is 5.16 Å². The maximum absolute atomic E-state index is 13.8. The van der Waals surface area contributed by atoms with Crippen LogP contribution in [0, 0.1) is 19.3 Å². The first-order chi connectivity index (χ1) is 19.3. The van der Waals surface area contributed by atoms with Gasteiger partial charge >= 0.3 is 0 Å². The van der Waals surface area contributed by atoms with E-state index >= 15 is 0 Å². The Balaban J connectivity index is 1.34. The molecule has 2 amide bonds. The van der Waals surface area contributed by atoms with Gasteiger partial charge in [-0.3, -0.25) is 9.59 Å². The van der Waals surface area contributed by atoms with E-state index in [1.165, 1.54) is 0 Å². The number of likely N-dealkylation sites (tertiary alicyclic amines) is 1. The molecule has 40 heavy (non-hydrogen) atoms. The molecule has 1 aromatic heterocycles. The topological polar surface area (TPSA) is 85.1 Å². The molecule has 8 nitrogen and oxygen atoms in total. The summed E-state index contributed by atoms with van der Waals surface area (Å²) in [5, 5.41) is 5.34. The van der Waals surface area contributed by atoms with E-state index in [0.29, 0.717) is 104 Å². The van der Waals surface area contributed by atoms with E-state index in [4.69, 9.17) is 37.2 Å². The van der Waals surface area contributed by atoms with Gasteiger partial charge in [-0.25, -0.2) is 0 Å². The van der Waals surface area contributed by atoms with Crippen molar-refractivity contribution in [1.82, 2.24) is 15.0 Å². The third-order valence-electron chi connectivity index (χ3n) is 7.88. The molecular weight excluding hydrogens is 553 g/mol. The molecule has 212 valence electrons. The number of nitrogens with zero attached hydrogens (tertiary/aromatic N) is 3. The van der Waals surface area contributed by atoms with Crippen LogP contribution in [0.15, 0.2) is 47.0 Å². The Hall–Kier alpha value is -3.07. The van der Waals surface area contributed by atoms with Crippen LogP contribution >= 0.6 is 23.2 Å². The normalized spacial score (nSPS) is 17.1. The van der Waals surface area contributed by atoms with Gasteiger partial charge in [0.15, 0.2) is 0 Å². The van der Waals surface area contributed by atoms with Gasteiger partial charge in [0.05, 0.1) is 24.8 Å². The SMILES string of the molecule is Cc1cc(OCC2(CC(=O)N3CCOCC3)CCN(C(=O)c3c(-c4ccccc4Cl)noc3C)CC2)ccc1Cl. The fourth-order valence-corrected chi connectivity index (χ4v) is 5.71. The fraction of sp³-hybridized carbons (Fsp3) is 0.433. The van der Waals surface area contributed by atoms with E-state index < -0.39 is 5.41 Å². The number of hydrogen-bond donors (Lipinski definition) is 0. The van der Waals surface area contributed by atoms with Crippen molar-refractivity contribution in [3.05, 3.63) is 69.4 Å². The van der Waals surface area contributed by atoms with Crippen LogP contribution in [0.2, 0.25) is 10.0 Å². The Labute approximate surface area is 244 Å². The lowest BCUT2D eigenvalue weighted by Gasteiger charge is -2.42. The molecule has 0 atom stereocenters. The van der Waals surface area contributed by atoms with Crippen molar-refractivity contribution in [3.8, 4) is 17.0 Å². The Morgan fingerprint density at radius 1 is 0.975 bits per heavy atom. The van der Waals surface area contributed by atoms with Gasteiger partial charge in [-0.15, -0.1) is 0 Å². The second-order valence-corrected chi connectivity index (χ2v) is 11.4. The molecule has 0 saturated carbocycles. The minimum atomic E-state index is -0.422. The molecule has 5 rings (SSSR count). The number of carbonyl (C=O) groups excluding carboxylic acids is 2. The lowest BCUT2D eigenvalue weighted by atomic mass is 9.75. The summed E-state index contributed by atoms with van der Waals surface area (Å²) in [6.07, 6.45) is 1.58. The first kappa shape index (κ1) is 28.5. The molecular formula is C30H33Cl2N3O5. The summed E-state index contributed by atoms with van der Waals surface area (Å²) in [6.45, 7) is 7.26. The van der Waals surface area contributed by atoms with Crippen LogP contribution in [0.1, 0.15) is 40.9 Å². The number of benzene rings is 2. The number of hydrogen-bond acceptors (Lipinski definition) is 6. The van der Waals surface area contributed by atoms with Crippen LogP contribution in [0.4, 0.5) is 0 Å². The molecule has 3 heterocycles. The molecule has 2 aliphatic heterocycles. The molecule has 0 aliphatic carbocycles. The van der Waals surface area contributed by atoms with Crippen molar-refractivity contribution < 1.29 is 23.6 Å². The molecule has 2 aliphatic rings. The third kappa shape index (κ3) is 6.14. The average molecular weight is 587 g/mol. The summed E-state index contributed by atoms with van der Waals surface area (Å²) in [4.78, 5) is 30.8. The standard InChI is InChI=1S/C30H33Cl2N3O5/c1-20-17-22(7-8-24(20)31)39-19-30(18-26(36)34-13-15-38-16-14-34)9-11-35(12-10-30)29(37)27-21(2)40-33-28(27)23-5-3-4-6-25(23)32/h3-8,17H,9-16,18-19H2,1-2H3. The van der Waals surface area contributed by atoms with E-state index in [1.54, 1.807) is 13.0 Å². The van der Waals surface area contributed by atoms with Gasteiger partial charge in [0.2, 0.25) is 5.91 Å². The molecule has 10 heteroatoms. The second-order valence-electron chi connectivity index (χ2n) is 10.6. The molecule has 2 fully saturated rings. The first-order valence-electron chi connectivity index (χ1n) is 13.5. The number of rotatable bonds is 7. The van der Waals surface area contributed by atoms with Gasteiger partial charge in [-0.1, -0.05) is 46.6 Å². The number of piperidine rings is 1. The Morgan fingerprint density at radius 3 is 2.40 bits per heavy atom. The van der Waals surface area contributed by atoms with Gasteiger partial charge in [0.25, 0.3) is 5.91 Å². The predicted octanol–water partition coefficient (Wildman–Crippen LogP) is 5.82. The minimum absolute atomic E-state index is 0.0925. The summed E-state index contributed by atoms with van der Waals surface area (Å²) < 4.78 is 17.1. The van der Waals surface area contributed by atoms with Gasteiger partial charge in [0, 0.05) is 48.6 Å². The summed E-state index contributed by atoms with van der Waals surface area (Å²) in [6, 6.07) is 12.8. The van der Waals surface area contributed by atoms with Crippen molar-refractivity contribution in [2.24, 2.45) is 5.41 Å². The quantitative estimate of drug-likeness (QED) is 0.347. The maximum Gasteiger partial charge on any atom is 0.259 e. The van der Waals surface area contributed by atoms with Crippen molar-refractivity contribution in [2.75, 3.05) is 46.0 Å². The Morgan fingerprint density at radius 2 is 1.70 bits per heavy atom. The van der Waals surface area contributed by atoms with E-state index in [0.717, 1.165) is 5.56 Å². The van der Waals surface area contributed by atoms with Crippen LogP contribution in [0.5, 0.6) is 5.75 Å². The number of halogens is 2. The number of morpholine rings is 1. The monoisotopic (exact) mass is 585 g/mol. The number of ether oxygens (including phenoxy) is 2. The average Bonchev–Trinajstić information content (AvgIpc) is 3.35. The molecule has 3 aromatic rings. The summed E-state index contributed by atoms with van der Waals surface area (Å²) in [5.41, 5.74) is 2.01. The highest BCUT2D eigenvalue weighted by molar-refractivity contribution is 6.33.